The Labute approximate surface area is 92.4 Å². The van der Waals surface area contributed by atoms with Gasteiger partial charge in [-0.15, -0.1) is 0 Å². The van der Waals surface area contributed by atoms with Gasteiger partial charge in [0.1, 0.15) is 0 Å². The molecule has 0 amide bonds. The van der Waals surface area contributed by atoms with Gasteiger partial charge < -0.3 is 5.32 Å². The highest BCUT2D eigenvalue weighted by molar-refractivity contribution is 4.99. The van der Waals surface area contributed by atoms with E-state index >= 15 is 0 Å². The molecule has 2 aliphatic rings. The molecule has 0 aromatic rings. The van der Waals surface area contributed by atoms with Gasteiger partial charge in [-0.3, -0.25) is 4.90 Å². The number of hydrogen-bond donors (Lipinski definition) is 1. The predicted octanol–water partition coefficient (Wildman–Crippen LogP) is 1.50. The highest BCUT2D eigenvalue weighted by atomic mass is 15.3. The maximum atomic E-state index is 8.77. The number of nitrogens with one attached hydrogen (secondary N) is 1. The fourth-order valence-electron chi connectivity index (χ4n) is 2.55. The van der Waals surface area contributed by atoms with Crippen LogP contribution in [0.2, 0.25) is 0 Å². The van der Waals surface area contributed by atoms with Crippen LogP contribution in [0.4, 0.5) is 0 Å². The first-order chi connectivity index (χ1) is 7.13. The van der Waals surface area contributed by atoms with Crippen LogP contribution in [0, 0.1) is 11.3 Å². The van der Waals surface area contributed by atoms with Crippen LogP contribution in [0.15, 0.2) is 0 Å². The number of nitrogens with zero attached hydrogens (tertiary/aromatic N) is 2. The Morgan fingerprint density at radius 2 is 2.20 bits per heavy atom. The molecular weight excluding hydrogens is 186 g/mol. The summed E-state index contributed by atoms with van der Waals surface area (Å²) in [5.74, 6) is 0. The van der Waals surface area contributed by atoms with Gasteiger partial charge in [0.15, 0.2) is 0 Å². The molecule has 3 nitrogen and oxygen atoms in total. The molecule has 84 valence electrons. The standard InChI is InChI=1S/C12H21N3/c1-12(2)6-8-14-10(5-7-13)9-15(12)11-3-4-11/h10-11,14H,3-6,8-9H2,1-2H3. The fraction of sp³-hybridized carbons (Fsp3) is 0.917. The minimum absolute atomic E-state index is 0.304. The third-order valence-corrected chi connectivity index (χ3v) is 3.69. The topological polar surface area (TPSA) is 39.1 Å². The number of rotatable bonds is 2. The average molecular weight is 207 g/mol. The SMILES string of the molecule is CC1(C)CCNC(CC#N)CN1C1CC1. The second kappa shape index (κ2) is 4.11. The molecule has 2 fully saturated rings. The van der Waals surface area contributed by atoms with Crippen molar-refractivity contribution < 1.29 is 0 Å². The van der Waals surface area contributed by atoms with Crippen molar-refractivity contribution in [2.24, 2.45) is 0 Å². The first-order valence-corrected chi connectivity index (χ1v) is 6.00. The third-order valence-electron chi connectivity index (χ3n) is 3.69. The molecule has 1 atom stereocenters. The van der Waals surface area contributed by atoms with Crippen molar-refractivity contribution in [3.63, 3.8) is 0 Å². The highest BCUT2D eigenvalue weighted by Crippen LogP contribution is 2.35. The lowest BCUT2D eigenvalue weighted by atomic mass is 9.98. The van der Waals surface area contributed by atoms with Gasteiger partial charge in [-0.25, -0.2) is 0 Å². The van der Waals surface area contributed by atoms with Gasteiger partial charge in [-0.05, 0) is 39.7 Å². The maximum Gasteiger partial charge on any atom is 0.0638 e. The van der Waals surface area contributed by atoms with Gasteiger partial charge in [-0.1, -0.05) is 0 Å². The van der Waals surface area contributed by atoms with Gasteiger partial charge in [-0.2, -0.15) is 5.26 Å². The zero-order valence-corrected chi connectivity index (χ0v) is 9.79. The van der Waals surface area contributed by atoms with E-state index in [0.717, 1.165) is 19.1 Å². The summed E-state index contributed by atoms with van der Waals surface area (Å²) in [7, 11) is 0. The molecule has 0 spiro atoms. The summed E-state index contributed by atoms with van der Waals surface area (Å²) in [6.45, 7) is 6.76. The molecule has 1 N–H and O–H groups in total. The van der Waals surface area contributed by atoms with Crippen molar-refractivity contribution in [2.75, 3.05) is 13.1 Å². The average Bonchev–Trinajstić information content (AvgIpc) is 2.95. The van der Waals surface area contributed by atoms with Gasteiger partial charge in [0.2, 0.25) is 0 Å². The maximum absolute atomic E-state index is 8.77. The minimum Gasteiger partial charge on any atom is -0.312 e. The van der Waals surface area contributed by atoms with Crippen LogP contribution < -0.4 is 5.32 Å². The van der Waals surface area contributed by atoms with Crippen LogP contribution in [-0.2, 0) is 0 Å². The van der Waals surface area contributed by atoms with E-state index in [1.54, 1.807) is 0 Å². The van der Waals surface area contributed by atoms with Crippen molar-refractivity contribution in [1.82, 2.24) is 10.2 Å². The van der Waals surface area contributed by atoms with Gasteiger partial charge in [0.05, 0.1) is 12.5 Å². The summed E-state index contributed by atoms with van der Waals surface area (Å²) in [6.07, 6.45) is 4.52. The molecule has 1 aliphatic carbocycles. The molecule has 2 rings (SSSR count). The molecule has 3 heteroatoms. The molecule has 0 bridgehead atoms. The molecule has 1 heterocycles. The lowest BCUT2D eigenvalue weighted by Gasteiger charge is -2.38. The van der Waals surface area contributed by atoms with Crippen molar-refractivity contribution in [2.45, 2.75) is 57.2 Å². The molecule has 1 saturated heterocycles. The quantitative estimate of drug-likeness (QED) is 0.746. The van der Waals surface area contributed by atoms with Crippen LogP contribution in [0.25, 0.3) is 0 Å². The smallest absolute Gasteiger partial charge is 0.0638 e. The zero-order chi connectivity index (χ0) is 10.9. The molecule has 1 saturated carbocycles. The van der Waals surface area contributed by atoms with Gasteiger partial charge in [0.25, 0.3) is 0 Å². The van der Waals surface area contributed by atoms with E-state index in [0.29, 0.717) is 18.0 Å². The van der Waals surface area contributed by atoms with Crippen LogP contribution in [0.1, 0.15) is 39.5 Å². The van der Waals surface area contributed by atoms with Crippen molar-refractivity contribution in [1.29, 1.82) is 5.26 Å². The first-order valence-electron chi connectivity index (χ1n) is 6.00. The first kappa shape index (κ1) is 10.9. The van der Waals surface area contributed by atoms with Crippen LogP contribution in [-0.4, -0.2) is 35.6 Å². The molecule has 1 aliphatic heterocycles. The summed E-state index contributed by atoms with van der Waals surface area (Å²) in [4.78, 5) is 2.62. The van der Waals surface area contributed by atoms with Crippen LogP contribution in [0.3, 0.4) is 0 Å². The predicted molar refractivity (Wildman–Crippen MR) is 60.4 cm³/mol. The van der Waals surface area contributed by atoms with Crippen molar-refractivity contribution in [3.05, 3.63) is 0 Å². The van der Waals surface area contributed by atoms with E-state index in [9.17, 15) is 0 Å². The Morgan fingerprint density at radius 3 is 2.80 bits per heavy atom. The summed E-state index contributed by atoms with van der Waals surface area (Å²) >= 11 is 0. The Balaban J connectivity index is 2.04. The molecule has 15 heavy (non-hydrogen) atoms. The Kier molecular flexibility index (Phi) is 2.99. The van der Waals surface area contributed by atoms with E-state index in [-0.39, 0.29) is 0 Å². The summed E-state index contributed by atoms with van der Waals surface area (Å²) in [5, 5.41) is 12.3. The summed E-state index contributed by atoms with van der Waals surface area (Å²) in [6, 6.07) is 3.45. The van der Waals surface area contributed by atoms with Crippen molar-refractivity contribution in [3.8, 4) is 6.07 Å². The lowest BCUT2D eigenvalue weighted by Crippen LogP contribution is -2.47. The third kappa shape index (κ3) is 2.50. The largest absolute Gasteiger partial charge is 0.312 e. The second-order valence-corrected chi connectivity index (χ2v) is 5.46. The second-order valence-electron chi connectivity index (χ2n) is 5.46. The molecule has 0 radical (unpaired) electrons. The molecule has 1 unspecified atom stereocenters. The Hall–Kier alpha value is -0.590. The monoisotopic (exact) mass is 207 g/mol. The molecule has 0 aromatic carbocycles. The summed E-state index contributed by atoms with van der Waals surface area (Å²) < 4.78 is 0. The van der Waals surface area contributed by atoms with Crippen LogP contribution in [0.5, 0.6) is 0 Å². The fourth-order valence-corrected chi connectivity index (χ4v) is 2.55. The lowest BCUT2D eigenvalue weighted by molar-refractivity contribution is 0.110. The Bertz CT molecular complexity index is 263. The van der Waals surface area contributed by atoms with E-state index in [1.807, 2.05) is 0 Å². The Morgan fingerprint density at radius 1 is 1.47 bits per heavy atom. The van der Waals surface area contributed by atoms with Crippen molar-refractivity contribution >= 4 is 0 Å². The minimum atomic E-state index is 0.304. The number of hydrogen-bond acceptors (Lipinski definition) is 3. The van der Waals surface area contributed by atoms with E-state index < -0.39 is 0 Å². The highest BCUT2D eigenvalue weighted by Gasteiger charge is 2.40. The normalized spacial score (nSPS) is 31.9. The number of nitriles is 1. The molecular formula is C12H21N3. The molecule has 0 aromatic heterocycles. The van der Waals surface area contributed by atoms with E-state index in [2.05, 4.69) is 30.1 Å². The summed E-state index contributed by atoms with van der Waals surface area (Å²) in [5.41, 5.74) is 0.304. The van der Waals surface area contributed by atoms with Gasteiger partial charge in [0, 0.05) is 24.2 Å². The van der Waals surface area contributed by atoms with Crippen LogP contribution >= 0.6 is 0 Å². The van der Waals surface area contributed by atoms with E-state index in [1.165, 1.54) is 19.3 Å². The van der Waals surface area contributed by atoms with E-state index in [4.69, 9.17) is 5.26 Å². The van der Waals surface area contributed by atoms with Gasteiger partial charge >= 0.3 is 0 Å². The zero-order valence-electron chi connectivity index (χ0n) is 9.79.